The predicted octanol–water partition coefficient (Wildman–Crippen LogP) is 2.96. The predicted molar refractivity (Wildman–Crippen MR) is 81.7 cm³/mol. The van der Waals surface area contributed by atoms with Crippen LogP contribution < -0.4 is 15.4 Å². The molecule has 4 nitrogen and oxygen atoms in total. The van der Waals surface area contributed by atoms with Gasteiger partial charge in [0.15, 0.2) is 6.61 Å². The van der Waals surface area contributed by atoms with E-state index < -0.39 is 0 Å². The Morgan fingerprint density at radius 1 is 1.25 bits per heavy atom. The molecule has 2 aromatic rings. The number of hydrogen-bond acceptors (Lipinski definition) is 3. The minimum atomic E-state index is -0.0535. The summed E-state index contributed by atoms with van der Waals surface area (Å²) in [7, 11) is 0. The van der Waals surface area contributed by atoms with Gasteiger partial charge < -0.3 is 15.4 Å². The van der Waals surface area contributed by atoms with E-state index >= 15 is 0 Å². The Morgan fingerprint density at radius 2 is 2.10 bits per heavy atom. The van der Waals surface area contributed by atoms with Crippen molar-refractivity contribution in [3.63, 3.8) is 0 Å². The van der Waals surface area contributed by atoms with Crippen molar-refractivity contribution >= 4 is 33.2 Å². The van der Waals surface area contributed by atoms with Gasteiger partial charge in [-0.3, -0.25) is 4.79 Å². The van der Waals surface area contributed by atoms with Crippen LogP contribution in [-0.4, -0.2) is 12.5 Å². The highest BCUT2D eigenvalue weighted by Gasteiger charge is 2.25. The standard InChI is InChI=1S/C15H13BrN2O2/c16-11-3-1-2-10(6-11)8-18-13-5-4-12(17)7-14(13)20-9-15(18)19/h1-7H,8-9,17H2. The normalized spacial score (nSPS) is 13.8. The summed E-state index contributed by atoms with van der Waals surface area (Å²) in [6.45, 7) is 0.559. The largest absolute Gasteiger partial charge is 0.481 e. The molecule has 2 N–H and O–H groups in total. The molecule has 0 spiro atoms. The van der Waals surface area contributed by atoms with Gasteiger partial charge >= 0.3 is 0 Å². The Bertz CT molecular complexity index is 673. The zero-order valence-electron chi connectivity index (χ0n) is 10.7. The van der Waals surface area contributed by atoms with Crippen molar-refractivity contribution in [3.05, 3.63) is 52.5 Å². The third-order valence-corrected chi connectivity index (χ3v) is 3.65. The molecule has 5 heteroatoms. The Kier molecular flexibility index (Phi) is 3.36. The van der Waals surface area contributed by atoms with Gasteiger partial charge in [-0.2, -0.15) is 0 Å². The maximum Gasteiger partial charge on any atom is 0.265 e. The molecule has 1 aliphatic heterocycles. The second-order valence-corrected chi connectivity index (χ2v) is 5.54. The topological polar surface area (TPSA) is 55.6 Å². The fraction of sp³-hybridized carbons (Fsp3) is 0.133. The number of nitrogen functional groups attached to an aromatic ring is 1. The van der Waals surface area contributed by atoms with Crippen LogP contribution in [0.3, 0.4) is 0 Å². The van der Waals surface area contributed by atoms with E-state index in [2.05, 4.69) is 15.9 Å². The van der Waals surface area contributed by atoms with Gasteiger partial charge in [-0.25, -0.2) is 0 Å². The van der Waals surface area contributed by atoms with E-state index in [4.69, 9.17) is 10.5 Å². The smallest absolute Gasteiger partial charge is 0.265 e. The molecule has 0 saturated carbocycles. The monoisotopic (exact) mass is 332 g/mol. The molecular formula is C15H13BrN2O2. The molecule has 0 aliphatic carbocycles. The van der Waals surface area contributed by atoms with Gasteiger partial charge in [0.25, 0.3) is 5.91 Å². The first-order valence-corrected chi connectivity index (χ1v) is 7.00. The first kappa shape index (κ1) is 13.0. The maximum atomic E-state index is 12.1. The second kappa shape index (κ2) is 5.17. The number of nitrogens with two attached hydrogens (primary N) is 1. The van der Waals surface area contributed by atoms with Crippen molar-refractivity contribution in [2.75, 3.05) is 17.2 Å². The van der Waals surface area contributed by atoms with E-state index in [0.29, 0.717) is 18.0 Å². The molecule has 1 amide bonds. The van der Waals surface area contributed by atoms with Crippen molar-refractivity contribution in [2.45, 2.75) is 6.54 Å². The first-order valence-electron chi connectivity index (χ1n) is 6.20. The highest BCUT2D eigenvalue weighted by Crippen LogP contribution is 2.34. The average molecular weight is 333 g/mol. The van der Waals surface area contributed by atoms with Crippen LogP contribution in [0.15, 0.2) is 46.9 Å². The Labute approximate surface area is 125 Å². The van der Waals surface area contributed by atoms with Crippen LogP contribution >= 0.6 is 15.9 Å². The summed E-state index contributed by atoms with van der Waals surface area (Å²) in [5, 5.41) is 0. The summed E-state index contributed by atoms with van der Waals surface area (Å²) < 4.78 is 6.42. The summed E-state index contributed by atoms with van der Waals surface area (Å²) in [4.78, 5) is 13.8. The van der Waals surface area contributed by atoms with Crippen molar-refractivity contribution in [1.82, 2.24) is 0 Å². The van der Waals surface area contributed by atoms with Crippen LogP contribution in [0.4, 0.5) is 11.4 Å². The first-order chi connectivity index (χ1) is 9.63. The molecular weight excluding hydrogens is 320 g/mol. The minimum absolute atomic E-state index is 0.0461. The fourth-order valence-corrected chi connectivity index (χ4v) is 2.66. The van der Waals surface area contributed by atoms with E-state index in [-0.39, 0.29) is 12.5 Å². The molecule has 2 aromatic carbocycles. The number of nitrogens with zero attached hydrogens (tertiary/aromatic N) is 1. The van der Waals surface area contributed by atoms with Gasteiger partial charge in [-0.15, -0.1) is 0 Å². The summed E-state index contributed by atoms with van der Waals surface area (Å²) in [6.07, 6.45) is 0. The summed E-state index contributed by atoms with van der Waals surface area (Å²) in [6, 6.07) is 13.2. The van der Waals surface area contributed by atoms with Crippen LogP contribution in [0.25, 0.3) is 0 Å². The van der Waals surface area contributed by atoms with Gasteiger partial charge in [0.1, 0.15) is 5.75 Å². The highest BCUT2D eigenvalue weighted by molar-refractivity contribution is 9.10. The number of halogens is 1. The number of fused-ring (bicyclic) bond motifs is 1. The number of anilines is 2. The molecule has 0 atom stereocenters. The zero-order valence-corrected chi connectivity index (χ0v) is 12.3. The third-order valence-electron chi connectivity index (χ3n) is 3.16. The lowest BCUT2D eigenvalue weighted by atomic mass is 10.1. The van der Waals surface area contributed by atoms with Crippen molar-refractivity contribution in [1.29, 1.82) is 0 Å². The number of ether oxygens (including phenoxy) is 1. The van der Waals surface area contributed by atoms with Crippen LogP contribution in [0, 0.1) is 0 Å². The molecule has 0 radical (unpaired) electrons. The summed E-state index contributed by atoms with van der Waals surface area (Å²) >= 11 is 3.44. The minimum Gasteiger partial charge on any atom is -0.481 e. The van der Waals surface area contributed by atoms with Crippen molar-refractivity contribution in [3.8, 4) is 5.75 Å². The Morgan fingerprint density at radius 3 is 2.90 bits per heavy atom. The molecule has 0 unspecified atom stereocenters. The Balaban J connectivity index is 1.95. The lowest BCUT2D eigenvalue weighted by Crippen LogP contribution is -2.38. The molecule has 1 heterocycles. The van der Waals surface area contributed by atoms with E-state index in [1.54, 1.807) is 17.0 Å². The van der Waals surface area contributed by atoms with Crippen LogP contribution in [0.5, 0.6) is 5.75 Å². The van der Waals surface area contributed by atoms with Gasteiger partial charge in [0, 0.05) is 16.2 Å². The van der Waals surface area contributed by atoms with Gasteiger partial charge in [0.05, 0.1) is 12.2 Å². The van der Waals surface area contributed by atoms with E-state index in [1.165, 1.54) is 0 Å². The number of carbonyl (C=O) groups excluding carboxylic acids is 1. The quantitative estimate of drug-likeness (QED) is 0.860. The van der Waals surface area contributed by atoms with E-state index in [9.17, 15) is 4.79 Å². The molecule has 0 saturated heterocycles. The van der Waals surface area contributed by atoms with Gasteiger partial charge in [0.2, 0.25) is 0 Å². The number of amides is 1. The molecule has 20 heavy (non-hydrogen) atoms. The van der Waals surface area contributed by atoms with Gasteiger partial charge in [-0.1, -0.05) is 28.1 Å². The number of carbonyl (C=O) groups is 1. The third kappa shape index (κ3) is 2.49. The number of benzene rings is 2. The molecule has 0 fully saturated rings. The highest BCUT2D eigenvalue weighted by atomic mass is 79.9. The molecule has 1 aliphatic rings. The van der Waals surface area contributed by atoms with E-state index in [0.717, 1.165) is 15.7 Å². The SMILES string of the molecule is Nc1ccc2c(c1)OCC(=O)N2Cc1cccc(Br)c1. The average Bonchev–Trinajstić information content (AvgIpc) is 2.42. The van der Waals surface area contributed by atoms with Crippen LogP contribution in [0.2, 0.25) is 0 Å². The molecule has 102 valence electrons. The van der Waals surface area contributed by atoms with Crippen LogP contribution in [-0.2, 0) is 11.3 Å². The number of hydrogen-bond donors (Lipinski definition) is 1. The van der Waals surface area contributed by atoms with E-state index in [1.807, 2.05) is 30.3 Å². The lowest BCUT2D eigenvalue weighted by Gasteiger charge is -2.29. The summed E-state index contributed by atoms with van der Waals surface area (Å²) in [5.41, 5.74) is 8.18. The molecule has 3 rings (SSSR count). The van der Waals surface area contributed by atoms with Crippen molar-refractivity contribution in [2.24, 2.45) is 0 Å². The van der Waals surface area contributed by atoms with Crippen molar-refractivity contribution < 1.29 is 9.53 Å². The van der Waals surface area contributed by atoms with Crippen LogP contribution in [0.1, 0.15) is 5.56 Å². The molecule has 0 aromatic heterocycles. The zero-order chi connectivity index (χ0) is 14.1. The number of rotatable bonds is 2. The molecule has 0 bridgehead atoms. The summed E-state index contributed by atoms with van der Waals surface area (Å²) in [5.74, 6) is 0.599. The second-order valence-electron chi connectivity index (χ2n) is 4.63. The Hall–Kier alpha value is -2.01. The fourth-order valence-electron chi connectivity index (χ4n) is 2.21. The van der Waals surface area contributed by atoms with Gasteiger partial charge in [-0.05, 0) is 29.8 Å². The maximum absolute atomic E-state index is 12.1. The lowest BCUT2D eigenvalue weighted by molar-refractivity contribution is -0.121.